The third-order valence-electron chi connectivity index (χ3n) is 6.06. The van der Waals surface area contributed by atoms with Crippen molar-refractivity contribution in [3.05, 3.63) is 40.1 Å². The first-order valence-electron chi connectivity index (χ1n) is 9.66. The molecule has 1 aromatic carbocycles. The molecule has 1 amide bonds. The van der Waals surface area contributed by atoms with Crippen molar-refractivity contribution in [2.75, 3.05) is 19.9 Å². The molecule has 4 atom stereocenters. The zero-order valence-corrected chi connectivity index (χ0v) is 16.5. The maximum absolute atomic E-state index is 12.9. The molecule has 1 saturated carbocycles. The molecule has 1 aliphatic carbocycles. The van der Waals surface area contributed by atoms with Gasteiger partial charge in [-0.15, -0.1) is 11.3 Å². The number of rotatable bonds is 3. The number of hydrogen-bond acceptors (Lipinski definition) is 6. The maximum Gasteiger partial charge on any atom is 0.264 e. The summed E-state index contributed by atoms with van der Waals surface area (Å²) in [6.45, 7) is 3.65. The van der Waals surface area contributed by atoms with Gasteiger partial charge < -0.3 is 24.2 Å². The van der Waals surface area contributed by atoms with Crippen molar-refractivity contribution >= 4 is 17.2 Å². The predicted octanol–water partition coefficient (Wildman–Crippen LogP) is 3.08. The molecule has 3 heterocycles. The molecule has 0 unspecified atom stereocenters. The maximum atomic E-state index is 12.9. The number of likely N-dealkylation sites (tertiary alicyclic amines) is 1. The molecule has 148 valence electrons. The SMILES string of the molecule is Cc1ccsc1C(=O)N1C[C@H]2C[C@@H](Oc3ccc4c(c3)OCO4)[C@H](O)C[C@H]2C1. The molecule has 6 nitrogen and oxygen atoms in total. The fourth-order valence-corrected chi connectivity index (χ4v) is 5.44. The first-order chi connectivity index (χ1) is 13.6. The number of ether oxygens (including phenoxy) is 3. The highest BCUT2D eigenvalue weighted by Crippen LogP contribution is 2.40. The van der Waals surface area contributed by atoms with E-state index in [2.05, 4.69) is 0 Å². The van der Waals surface area contributed by atoms with Crippen LogP contribution in [0.15, 0.2) is 29.6 Å². The second kappa shape index (κ2) is 6.97. The number of carbonyl (C=O) groups is 1. The fourth-order valence-electron chi connectivity index (χ4n) is 4.54. The number of fused-ring (bicyclic) bond motifs is 2. The zero-order valence-electron chi connectivity index (χ0n) is 15.7. The monoisotopic (exact) mass is 401 g/mol. The van der Waals surface area contributed by atoms with E-state index in [-0.39, 0.29) is 18.8 Å². The van der Waals surface area contributed by atoms with E-state index in [4.69, 9.17) is 14.2 Å². The average Bonchev–Trinajstić information content (AvgIpc) is 3.40. The third-order valence-corrected chi connectivity index (χ3v) is 7.06. The molecule has 3 aliphatic rings. The lowest BCUT2D eigenvalue weighted by Gasteiger charge is -2.35. The molecule has 1 aromatic heterocycles. The van der Waals surface area contributed by atoms with Gasteiger partial charge in [0, 0.05) is 19.2 Å². The van der Waals surface area contributed by atoms with Gasteiger partial charge in [-0.1, -0.05) is 0 Å². The van der Waals surface area contributed by atoms with E-state index in [1.807, 2.05) is 41.5 Å². The van der Waals surface area contributed by atoms with Gasteiger partial charge in [0.2, 0.25) is 6.79 Å². The highest BCUT2D eigenvalue weighted by atomic mass is 32.1. The van der Waals surface area contributed by atoms with Crippen LogP contribution in [0.2, 0.25) is 0 Å². The Morgan fingerprint density at radius 2 is 1.96 bits per heavy atom. The highest BCUT2D eigenvalue weighted by Gasteiger charge is 2.44. The van der Waals surface area contributed by atoms with Crippen molar-refractivity contribution in [3.8, 4) is 17.2 Å². The third kappa shape index (κ3) is 3.12. The minimum atomic E-state index is -0.537. The molecule has 2 aliphatic heterocycles. The highest BCUT2D eigenvalue weighted by molar-refractivity contribution is 7.12. The molecule has 7 heteroatoms. The minimum Gasteiger partial charge on any atom is -0.488 e. The summed E-state index contributed by atoms with van der Waals surface area (Å²) in [6, 6.07) is 7.47. The molecule has 1 N–H and O–H groups in total. The zero-order chi connectivity index (χ0) is 19.3. The van der Waals surface area contributed by atoms with Crippen LogP contribution in [0.4, 0.5) is 0 Å². The predicted molar refractivity (Wildman–Crippen MR) is 104 cm³/mol. The average molecular weight is 401 g/mol. The van der Waals surface area contributed by atoms with E-state index < -0.39 is 6.10 Å². The summed E-state index contributed by atoms with van der Waals surface area (Å²) in [6.07, 6.45) is 0.589. The Morgan fingerprint density at radius 1 is 1.18 bits per heavy atom. The summed E-state index contributed by atoms with van der Waals surface area (Å²) in [4.78, 5) is 15.6. The molecule has 0 bridgehead atoms. The van der Waals surface area contributed by atoms with Gasteiger partial charge in [0.05, 0.1) is 11.0 Å². The van der Waals surface area contributed by atoms with E-state index in [1.165, 1.54) is 11.3 Å². The van der Waals surface area contributed by atoms with Crippen LogP contribution < -0.4 is 14.2 Å². The fraction of sp³-hybridized carbons (Fsp3) is 0.476. The van der Waals surface area contributed by atoms with E-state index in [1.54, 1.807) is 0 Å². The Balaban J connectivity index is 1.26. The van der Waals surface area contributed by atoms with E-state index >= 15 is 0 Å². The molecule has 1 saturated heterocycles. The van der Waals surface area contributed by atoms with Gasteiger partial charge in [-0.05, 0) is 60.7 Å². The number of amides is 1. The normalized spacial score (nSPS) is 28.3. The van der Waals surface area contributed by atoms with E-state index in [9.17, 15) is 9.90 Å². The number of benzene rings is 1. The van der Waals surface area contributed by atoms with Crippen LogP contribution in [0.5, 0.6) is 17.2 Å². The molecule has 0 spiro atoms. The first kappa shape index (κ1) is 17.8. The van der Waals surface area contributed by atoms with Gasteiger partial charge in [-0.2, -0.15) is 0 Å². The van der Waals surface area contributed by atoms with Gasteiger partial charge in [0.25, 0.3) is 5.91 Å². The van der Waals surface area contributed by atoms with Crippen LogP contribution in [0, 0.1) is 18.8 Å². The van der Waals surface area contributed by atoms with Crippen LogP contribution in [0.3, 0.4) is 0 Å². The summed E-state index contributed by atoms with van der Waals surface area (Å²) in [5.41, 5.74) is 1.04. The second-order valence-corrected chi connectivity index (χ2v) is 8.79. The van der Waals surface area contributed by atoms with Crippen LogP contribution in [0.1, 0.15) is 28.1 Å². The van der Waals surface area contributed by atoms with Gasteiger partial charge in [-0.25, -0.2) is 0 Å². The lowest BCUT2D eigenvalue weighted by Crippen LogP contribution is -2.42. The summed E-state index contributed by atoms with van der Waals surface area (Å²) in [5, 5.41) is 12.6. The smallest absolute Gasteiger partial charge is 0.264 e. The van der Waals surface area contributed by atoms with Crippen molar-refractivity contribution in [1.82, 2.24) is 4.90 Å². The Bertz CT molecular complexity index is 897. The Morgan fingerprint density at radius 3 is 2.75 bits per heavy atom. The standard InChI is InChI=1S/C21H23NO5S/c1-12-4-5-28-20(12)21(24)22-9-13-6-16(23)18(7-14(13)10-22)27-15-2-3-17-19(8-15)26-11-25-17/h2-5,8,13-14,16,18,23H,6-7,9-11H2,1H3/t13-,14+,16+,18+/m0/s1. The lowest BCUT2D eigenvalue weighted by atomic mass is 9.78. The molecule has 5 rings (SSSR count). The minimum absolute atomic E-state index is 0.115. The number of aryl methyl sites for hydroxylation is 1. The summed E-state index contributed by atoms with van der Waals surface area (Å²) in [5.74, 6) is 2.86. The van der Waals surface area contributed by atoms with Crippen molar-refractivity contribution in [2.45, 2.75) is 32.0 Å². The van der Waals surface area contributed by atoms with Gasteiger partial charge >= 0.3 is 0 Å². The number of aliphatic hydroxyl groups excluding tert-OH is 1. The number of aliphatic hydroxyl groups is 1. The first-order valence-corrected chi connectivity index (χ1v) is 10.5. The van der Waals surface area contributed by atoms with Crippen LogP contribution >= 0.6 is 11.3 Å². The van der Waals surface area contributed by atoms with Crippen LogP contribution in [-0.4, -0.2) is 48.0 Å². The van der Waals surface area contributed by atoms with Crippen LogP contribution in [-0.2, 0) is 0 Å². The quantitative estimate of drug-likeness (QED) is 0.856. The van der Waals surface area contributed by atoms with Gasteiger partial charge in [0.1, 0.15) is 11.9 Å². The van der Waals surface area contributed by atoms with Crippen molar-refractivity contribution in [2.24, 2.45) is 11.8 Å². The molecule has 0 radical (unpaired) electrons. The number of nitrogens with zero attached hydrogens (tertiary/aromatic N) is 1. The molecular weight excluding hydrogens is 378 g/mol. The van der Waals surface area contributed by atoms with E-state index in [0.717, 1.165) is 23.4 Å². The van der Waals surface area contributed by atoms with Gasteiger partial charge in [-0.3, -0.25) is 4.79 Å². The Labute approximate surface area is 167 Å². The topological polar surface area (TPSA) is 68.2 Å². The molecule has 2 fully saturated rings. The van der Waals surface area contributed by atoms with Crippen LogP contribution in [0.25, 0.3) is 0 Å². The lowest BCUT2D eigenvalue weighted by molar-refractivity contribution is -0.0232. The molecule has 28 heavy (non-hydrogen) atoms. The Hall–Kier alpha value is -2.25. The van der Waals surface area contributed by atoms with Gasteiger partial charge in [0.15, 0.2) is 11.5 Å². The number of carbonyl (C=O) groups excluding carboxylic acids is 1. The Kier molecular flexibility index (Phi) is 4.44. The number of hydrogen-bond donors (Lipinski definition) is 1. The second-order valence-electron chi connectivity index (χ2n) is 7.87. The van der Waals surface area contributed by atoms with Crippen molar-refractivity contribution < 1.29 is 24.1 Å². The number of thiophene rings is 1. The molecular formula is C21H23NO5S. The largest absolute Gasteiger partial charge is 0.488 e. The van der Waals surface area contributed by atoms with Crippen molar-refractivity contribution in [3.63, 3.8) is 0 Å². The summed E-state index contributed by atoms with van der Waals surface area (Å²) >= 11 is 1.50. The van der Waals surface area contributed by atoms with E-state index in [0.29, 0.717) is 42.0 Å². The summed E-state index contributed by atoms with van der Waals surface area (Å²) < 4.78 is 16.8. The molecule has 2 aromatic rings. The van der Waals surface area contributed by atoms with Crippen molar-refractivity contribution in [1.29, 1.82) is 0 Å². The summed E-state index contributed by atoms with van der Waals surface area (Å²) in [7, 11) is 0.